The Morgan fingerprint density at radius 3 is 3.09 bits per heavy atom. The summed E-state index contributed by atoms with van der Waals surface area (Å²) in [4.78, 5) is 0. The molecule has 1 N–H and O–H groups in total. The second kappa shape index (κ2) is 2.31. The predicted molar refractivity (Wildman–Crippen MR) is 45.1 cm³/mol. The molecule has 11 heavy (non-hydrogen) atoms. The van der Waals surface area contributed by atoms with Gasteiger partial charge in [-0.25, -0.2) is 0 Å². The average Bonchev–Trinajstić information content (AvgIpc) is 2.31. The van der Waals surface area contributed by atoms with Gasteiger partial charge in [0.2, 0.25) is 5.69 Å². The standard InChI is InChI=1S/C8H8ClNO/c1-5-3-2-4-6-7(5)11-8(9)10-6/h2-4,8,10H,1H3. The molecule has 2 nitrogen and oxygen atoms in total. The van der Waals surface area contributed by atoms with Gasteiger partial charge in [-0.2, -0.15) is 0 Å². The molecule has 0 aliphatic carbocycles. The molecule has 3 heteroatoms. The van der Waals surface area contributed by atoms with Gasteiger partial charge >= 0.3 is 0 Å². The van der Waals surface area contributed by atoms with Crippen LogP contribution in [0.5, 0.6) is 5.75 Å². The molecule has 1 aliphatic rings. The van der Waals surface area contributed by atoms with Gasteiger partial charge in [0.25, 0.3) is 0 Å². The van der Waals surface area contributed by atoms with Crippen LogP contribution in [-0.4, -0.2) is 5.69 Å². The maximum Gasteiger partial charge on any atom is 0.248 e. The summed E-state index contributed by atoms with van der Waals surface area (Å²) in [6.07, 6.45) is 0. The SMILES string of the molecule is Cc1cccc2c1OC(Cl)N2. The maximum atomic E-state index is 5.72. The number of hydrogen-bond acceptors (Lipinski definition) is 2. The molecule has 0 radical (unpaired) electrons. The van der Waals surface area contributed by atoms with E-state index < -0.39 is 5.69 Å². The van der Waals surface area contributed by atoms with E-state index in [0.29, 0.717) is 0 Å². The first kappa shape index (κ1) is 6.80. The quantitative estimate of drug-likeness (QED) is 0.476. The first-order valence-corrected chi connectivity index (χ1v) is 3.88. The summed E-state index contributed by atoms with van der Waals surface area (Å²) < 4.78 is 5.29. The molecule has 1 aromatic rings. The zero-order chi connectivity index (χ0) is 7.84. The molecule has 0 fully saturated rings. The lowest BCUT2D eigenvalue weighted by Gasteiger charge is -2.00. The average molecular weight is 170 g/mol. The normalized spacial score (nSPS) is 20.4. The van der Waals surface area contributed by atoms with Crippen molar-refractivity contribution in [2.45, 2.75) is 12.6 Å². The highest BCUT2D eigenvalue weighted by Gasteiger charge is 2.19. The lowest BCUT2D eigenvalue weighted by molar-refractivity contribution is 0.332. The molecule has 1 unspecified atom stereocenters. The lowest BCUT2D eigenvalue weighted by Crippen LogP contribution is -2.10. The van der Waals surface area contributed by atoms with Gasteiger partial charge in [-0.15, -0.1) is 0 Å². The van der Waals surface area contributed by atoms with Crippen molar-refractivity contribution in [2.75, 3.05) is 5.32 Å². The minimum Gasteiger partial charge on any atom is -0.454 e. The van der Waals surface area contributed by atoms with Crippen LogP contribution in [0, 0.1) is 6.92 Å². The molecule has 0 spiro atoms. The number of alkyl halides is 1. The van der Waals surface area contributed by atoms with E-state index in [0.717, 1.165) is 17.0 Å². The summed E-state index contributed by atoms with van der Waals surface area (Å²) in [6, 6.07) is 5.92. The van der Waals surface area contributed by atoms with Crippen LogP contribution in [0.25, 0.3) is 0 Å². The van der Waals surface area contributed by atoms with Gasteiger partial charge < -0.3 is 10.1 Å². The zero-order valence-corrected chi connectivity index (χ0v) is 6.85. The van der Waals surface area contributed by atoms with Crippen LogP contribution in [0.2, 0.25) is 0 Å². The highest BCUT2D eigenvalue weighted by atomic mass is 35.5. The van der Waals surface area contributed by atoms with Crippen LogP contribution in [0.3, 0.4) is 0 Å². The second-order valence-corrected chi connectivity index (χ2v) is 2.93. The molecular weight excluding hydrogens is 162 g/mol. The summed E-state index contributed by atoms with van der Waals surface area (Å²) in [7, 11) is 0. The summed E-state index contributed by atoms with van der Waals surface area (Å²) in [6.45, 7) is 2.00. The van der Waals surface area contributed by atoms with Crippen LogP contribution in [0.15, 0.2) is 18.2 Å². The second-order valence-electron chi connectivity index (χ2n) is 2.53. The third-order valence-electron chi connectivity index (χ3n) is 1.70. The Hall–Kier alpha value is -0.890. The molecule has 0 saturated heterocycles. The maximum absolute atomic E-state index is 5.72. The van der Waals surface area contributed by atoms with E-state index >= 15 is 0 Å². The van der Waals surface area contributed by atoms with E-state index in [1.54, 1.807) is 0 Å². The van der Waals surface area contributed by atoms with E-state index in [1.807, 2.05) is 25.1 Å². The minimum atomic E-state index is -0.411. The number of halogens is 1. The Morgan fingerprint density at radius 2 is 2.36 bits per heavy atom. The largest absolute Gasteiger partial charge is 0.454 e. The number of rotatable bonds is 0. The van der Waals surface area contributed by atoms with Gasteiger partial charge in [0.1, 0.15) is 5.75 Å². The Morgan fingerprint density at radius 1 is 1.55 bits per heavy atom. The number of aryl methyl sites for hydroxylation is 1. The summed E-state index contributed by atoms with van der Waals surface area (Å²) in [5, 5.41) is 2.98. The molecule has 0 aromatic heterocycles. The van der Waals surface area contributed by atoms with Crippen molar-refractivity contribution in [3.8, 4) is 5.75 Å². The number of fused-ring (bicyclic) bond motifs is 1. The lowest BCUT2D eigenvalue weighted by atomic mass is 10.2. The molecule has 1 atom stereocenters. The first-order valence-electron chi connectivity index (χ1n) is 3.44. The van der Waals surface area contributed by atoms with E-state index in [2.05, 4.69) is 5.32 Å². The van der Waals surface area contributed by atoms with E-state index in [1.165, 1.54) is 0 Å². The van der Waals surface area contributed by atoms with Crippen molar-refractivity contribution in [2.24, 2.45) is 0 Å². The highest BCUT2D eigenvalue weighted by Crippen LogP contribution is 2.35. The van der Waals surface area contributed by atoms with Gasteiger partial charge in [0.05, 0.1) is 5.69 Å². The van der Waals surface area contributed by atoms with E-state index in [4.69, 9.17) is 16.3 Å². The number of para-hydroxylation sites is 1. The van der Waals surface area contributed by atoms with Crippen molar-refractivity contribution in [3.05, 3.63) is 23.8 Å². The molecule has 0 amide bonds. The van der Waals surface area contributed by atoms with Crippen molar-refractivity contribution in [1.82, 2.24) is 0 Å². The molecule has 1 aromatic carbocycles. The zero-order valence-electron chi connectivity index (χ0n) is 6.10. The fraction of sp³-hybridized carbons (Fsp3) is 0.250. The molecule has 58 valence electrons. The third-order valence-corrected chi connectivity index (χ3v) is 1.90. The highest BCUT2D eigenvalue weighted by molar-refractivity contribution is 6.21. The number of benzene rings is 1. The Labute approximate surface area is 70.1 Å². The molecule has 0 bridgehead atoms. The van der Waals surface area contributed by atoms with Gasteiger partial charge in [-0.3, -0.25) is 0 Å². The fourth-order valence-electron chi connectivity index (χ4n) is 1.18. The Bertz CT molecular complexity index is 287. The van der Waals surface area contributed by atoms with Crippen LogP contribution in [0.4, 0.5) is 5.69 Å². The van der Waals surface area contributed by atoms with Crippen molar-refractivity contribution < 1.29 is 4.74 Å². The van der Waals surface area contributed by atoms with Crippen LogP contribution in [-0.2, 0) is 0 Å². The Kier molecular flexibility index (Phi) is 1.43. The molecule has 0 saturated carbocycles. The van der Waals surface area contributed by atoms with Crippen LogP contribution < -0.4 is 10.1 Å². The van der Waals surface area contributed by atoms with E-state index in [-0.39, 0.29) is 0 Å². The van der Waals surface area contributed by atoms with Gasteiger partial charge in [-0.05, 0) is 18.6 Å². The first-order chi connectivity index (χ1) is 5.27. The minimum absolute atomic E-state index is 0.411. The smallest absolute Gasteiger partial charge is 0.248 e. The van der Waals surface area contributed by atoms with Crippen LogP contribution in [0.1, 0.15) is 5.56 Å². The van der Waals surface area contributed by atoms with Crippen molar-refractivity contribution in [3.63, 3.8) is 0 Å². The molecule has 2 rings (SSSR count). The fourth-order valence-corrected chi connectivity index (χ4v) is 1.38. The van der Waals surface area contributed by atoms with Gasteiger partial charge in [0, 0.05) is 0 Å². The third kappa shape index (κ3) is 1.03. The van der Waals surface area contributed by atoms with Crippen LogP contribution >= 0.6 is 11.6 Å². The molecular formula is C8H8ClNO. The van der Waals surface area contributed by atoms with Crippen molar-refractivity contribution in [1.29, 1.82) is 0 Å². The van der Waals surface area contributed by atoms with Gasteiger partial charge in [0.15, 0.2) is 0 Å². The number of nitrogens with one attached hydrogen (secondary N) is 1. The van der Waals surface area contributed by atoms with E-state index in [9.17, 15) is 0 Å². The summed E-state index contributed by atoms with van der Waals surface area (Å²) in [5.74, 6) is 0.868. The summed E-state index contributed by atoms with van der Waals surface area (Å²) >= 11 is 5.72. The molecule has 1 aliphatic heterocycles. The topological polar surface area (TPSA) is 21.3 Å². The number of ether oxygens (including phenoxy) is 1. The number of hydrogen-bond donors (Lipinski definition) is 1. The predicted octanol–water partition coefficient (Wildman–Crippen LogP) is 2.32. The number of anilines is 1. The summed E-state index contributed by atoms with van der Waals surface area (Å²) in [5.41, 5.74) is 1.68. The van der Waals surface area contributed by atoms with Crippen molar-refractivity contribution >= 4 is 17.3 Å². The Balaban J connectivity index is 2.49. The monoisotopic (exact) mass is 169 g/mol. The molecule has 1 heterocycles. The van der Waals surface area contributed by atoms with Gasteiger partial charge in [-0.1, -0.05) is 23.7 Å².